The molecule has 2 aliphatic heterocycles. The number of hydrogen-bond acceptors (Lipinski definition) is 5. The highest BCUT2D eigenvalue weighted by atomic mass is 35.5. The lowest BCUT2D eigenvalue weighted by molar-refractivity contribution is -0.138. The SMILES string of the molecule is CCc1ccc(N2C(=O)C3CC=C4C(CC5(Cl)C(=O)N(C)C(=O)C5(Cl)C4c4c(O)ccc5ccccc45)C3C2=O)cc1. The van der Waals surface area contributed by atoms with Crippen molar-refractivity contribution >= 4 is 63.3 Å². The summed E-state index contributed by atoms with van der Waals surface area (Å²) in [4.78, 5) is 53.8. The molecule has 6 atom stereocenters. The van der Waals surface area contributed by atoms with Crippen LogP contribution in [-0.2, 0) is 25.6 Å². The molecule has 1 N–H and O–H groups in total. The average Bonchev–Trinajstić information content (AvgIpc) is 3.32. The Morgan fingerprint density at radius 2 is 1.62 bits per heavy atom. The minimum atomic E-state index is -1.96. The topological polar surface area (TPSA) is 95.0 Å². The van der Waals surface area contributed by atoms with Crippen LogP contribution in [0.15, 0.2) is 72.3 Å². The number of imide groups is 2. The molecule has 0 radical (unpaired) electrons. The fraction of sp³-hybridized carbons (Fsp3) is 0.333. The summed E-state index contributed by atoms with van der Waals surface area (Å²) in [5, 5.41) is 12.8. The van der Waals surface area contributed by atoms with Crippen LogP contribution in [0.5, 0.6) is 5.75 Å². The summed E-state index contributed by atoms with van der Waals surface area (Å²) in [6, 6.07) is 18.1. The summed E-state index contributed by atoms with van der Waals surface area (Å²) in [5.74, 6) is -5.19. The van der Waals surface area contributed by atoms with E-state index in [1.54, 1.807) is 24.3 Å². The van der Waals surface area contributed by atoms with Crippen LogP contribution in [0, 0.1) is 17.8 Å². The van der Waals surface area contributed by atoms with E-state index in [0.29, 0.717) is 22.2 Å². The van der Waals surface area contributed by atoms with E-state index in [2.05, 4.69) is 0 Å². The van der Waals surface area contributed by atoms with Crippen molar-refractivity contribution in [1.82, 2.24) is 4.90 Å². The van der Waals surface area contributed by atoms with Crippen LogP contribution in [0.25, 0.3) is 10.8 Å². The van der Waals surface area contributed by atoms with Gasteiger partial charge in [0.25, 0.3) is 11.8 Å². The molecule has 0 spiro atoms. The maximum Gasteiger partial charge on any atom is 0.253 e. The van der Waals surface area contributed by atoms with E-state index in [4.69, 9.17) is 23.2 Å². The fourth-order valence-electron chi connectivity index (χ4n) is 7.78. The summed E-state index contributed by atoms with van der Waals surface area (Å²) < 4.78 is 0. The largest absolute Gasteiger partial charge is 0.508 e. The molecular formula is C33H28Cl2N2O5. The van der Waals surface area contributed by atoms with E-state index in [1.807, 2.05) is 49.4 Å². The van der Waals surface area contributed by atoms with Gasteiger partial charge in [0, 0.05) is 18.5 Å². The van der Waals surface area contributed by atoms with Crippen LogP contribution in [-0.4, -0.2) is 50.4 Å². The zero-order chi connectivity index (χ0) is 29.7. The molecule has 0 bridgehead atoms. The van der Waals surface area contributed by atoms with Crippen LogP contribution in [0.1, 0.15) is 36.8 Å². The van der Waals surface area contributed by atoms with Gasteiger partial charge in [0.1, 0.15) is 5.75 Å². The molecule has 2 aliphatic carbocycles. The number of phenolic OH excluding ortho intramolecular Hbond substituents is 1. The molecular weight excluding hydrogens is 575 g/mol. The Bertz CT molecular complexity index is 1750. The summed E-state index contributed by atoms with van der Waals surface area (Å²) in [6.07, 6.45) is 2.87. The van der Waals surface area contributed by atoms with Crippen molar-refractivity contribution in [2.45, 2.75) is 41.9 Å². The number of hydrogen-bond donors (Lipinski definition) is 1. The van der Waals surface area contributed by atoms with E-state index in [-0.39, 0.29) is 30.4 Å². The number of likely N-dealkylation sites (tertiary alicyclic amines) is 1. The van der Waals surface area contributed by atoms with E-state index in [1.165, 1.54) is 11.9 Å². The van der Waals surface area contributed by atoms with Crippen molar-refractivity contribution < 1.29 is 24.3 Å². The summed E-state index contributed by atoms with van der Waals surface area (Å²) in [6.45, 7) is 2.03. The highest BCUT2D eigenvalue weighted by molar-refractivity contribution is 6.53. The molecule has 2 saturated heterocycles. The molecule has 2 heterocycles. The molecule has 3 aromatic carbocycles. The molecule has 9 heteroatoms. The predicted octanol–water partition coefficient (Wildman–Crippen LogP) is 5.30. The Balaban J connectivity index is 1.43. The first-order chi connectivity index (χ1) is 20.0. The third-order valence-electron chi connectivity index (χ3n) is 9.85. The lowest BCUT2D eigenvalue weighted by atomic mass is 9.56. The third kappa shape index (κ3) is 3.29. The van der Waals surface area contributed by atoms with Crippen LogP contribution < -0.4 is 4.90 Å². The maximum absolute atomic E-state index is 14.2. The van der Waals surface area contributed by atoms with Crippen molar-refractivity contribution in [2.24, 2.45) is 17.8 Å². The number of nitrogens with zero attached hydrogens (tertiary/aromatic N) is 2. The quantitative estimate of drug-likeness (QED) is 0.249. The standard InChI is InChI=1S/C33H28Cl2N2O5/c1-3-17-8-11-19(12-9-17)37-28(39)22-14-13-21-23(25(22)29(37)40)16-32(34)30(41)36(2)31(42)33(32,35)27(21)26-20-7-5-4-6-18(20)10-15-24(26)38/h4-13,15,22-23,25,27,38H,3,14,16H2,1-2H3. The maximum atomic E-state index is 14.2. The molecule has 42 heavy (non-hydrogen) atoms. The van der Waals surface area contributed by atoms with E-state index in [9.17, 15) is 24.3 Å². The van der Waals surface area contributed by atoms with Gasteiger partial charge in [-0.05, 0) is 59.7 Å². The Hall–Kier alpha value is -3.68. The van der Waals surface area contributed by atoms with E-state index < -0.39 is 45.2 Å². The number of benzene rings is 3. The van der Waals surface area contributed by atoms with Gasteiger partial charge in [0.15, 0.2) is 9.75 Å². The highest BCUT2D eigenvalue weighted by Gasteiger charge is 2.76. The number of fused-ring (bicyclic) bond motifs is 5. The number of aromatic hydroxyl groups is 1. The molecule has 214 valence electrons. The molecule has 7 nitrogen and oxygen atoms in total. The van der Waals surface area contributed by atoms with Gasteiger partial charge in [-0.15, -0.1) is 23.2 Å². The second kappa shape index (κ2) is 9.16. The fourth-order valence-corrected chi connectivity index (χ4v) is 8.79. The smallest absolute Gasteiger partial charge is 0.253 e. The number of rotatable bonds is 3. The summed E-state index contributed by atoms with van der Waals surface area (Å²) in [5.41, 5.74) is 2.61. The van der Waals surface area contributed by atoms with Gasteiger partial charge >= 0.3 is 0 Å². The van der Waals surface area contributed by atoms with Crippen molar-refractivity contribution in [3.63, 3.8) is 0 Å². The first-order valence-electron chi connectivity index (χ1n) is 14.1. The van der Waals surface area contributed by atoms with Crippen molar-refractivity contribution in [2.75, 3.05) is 11.9 Å². The van der Waals surface area contributed by atoms with Crippen molar-refractivity contribution in [3.05, 3.63) is 83.4 Å². The highest BCUT2D eigenvalue weighted by Crippen LogP contribution is 2.66. The number of aryl methyl sites for hydroxylation is 1. The summed E-state index contributed by atoms with van der Waals surface area (Å²) in [7, 11) is 1.35. The first kappa shape index (κ1) is 27.2. The lowest BCUT2D eigenvalue weighted by Crippen LogP contribution is -2.60. The molecule has 4 aliphatic rings. The van der Waals surface area contributed by atoms with E-state index in [0.717, 1.165) is 22.3 Å². The molecule has 6 unspecified atom stereocenters. The number of carbonyl (C=O) groups is 4. The number of phenols is 1. The molecule has 4 amide bonds. The minimum absolute atomic E-state index is 0.0936. The zero-order valence-corrected chi connectivity index (χ0v) is 24.5. The summed E-state index contributed by atoms with van der Waals surface area (Å²) >= 11 is 14.6. The third-order valence-corrected chi connectivity index (χ3v) is 11.3. The average molecular weight is 604 g/mol. The van der Waals surface area contributed by atoms with Crippen LogP contribution >= 0.6 is 23.2 Å². The monoisotopic (exact) mass is 602 g/mol. The van der Waals surface area contributed by atoms with Gasteiger partial charge in [-0.1, -0.05) is 61.0 Å². The van der Waals surface area contributed by atoms with Crippen LogP contribution in [0.3, 0.4) is 0 Å². The van der Waals surface area contributed by atoms with Gasteiger partial charge in [0.05, 0.1) is 17.5 Å². The molecule has 1 saturated carbocycles. The predicted molar refractivity (Wildman–Crippen MR) is 159 cm³/mol. The lowest BCUT2D eigenvalue weighted by Gasteiger charge is -2.51. The number of alkyl halides is 2. The Kier molecular flexibility index (Phi) is 5.92. The second-order valence-corrected chi connectivity index (χ2v) is 13.0. The zero-order valence-electron chi connectivity index (χ0n) is 23.0. The molecule has 3 aromatic rings. The van der Waals surface area contributed by atoms with Gasteiger partial charge in [-0.25, -0.2) is 0 Å². The number of anilines is 1. The molecule has 3 fully saturated rings. The number of allylic oxidation sites excluding steroid dienone is 2. The number of halogens is 2. The molecule has 7 rings (SSSR count). The second-order valence-electron chi connectivity index (χ2n) is 11.7. The van der Waals surface area contributed by atoms with Gasteiger partial charge in [-0.3, -0.25) is 29.0 Å². The number of amides is 4. The number of carbonyl (C=O) groups excluding carboxylic acids is 4. The van der Waals surface area contributed by atoms with Gasteiger partial charge in [-0.2, -0.15) is 0 Å². The Labute approximate surface area is 252 Å². The van der Waals surface area contributed by atoms with Crippen LogP contribution in [0.4, 0.5) is 5.69 Å². The first-order valence-corrected chi connectivity index (χ1v) is 14.9. The van der Waals surface area contributed by atoms with Crippen molar-refractivity contribution in [3.8, 4) is 5.75 Å². The Morgan fingerprint density at radius 3 is 2.33 bits per heavy atom. The van der Waals surface area contributed by atoms with Gasteiger partial charge < -0.3 is 5.11 Å². The van der Waals surface area contributed by atoms with E-state index >= 15 is 0 Å². The van der Waals surface area contributed by atoms with Crippen LogP contribution in [0.2, 0.25) is 0 Å². The van der Waals surface area contributed by atoms with Gasteiger partial charge in [0.2, 0.25) is 11.8 Å². The normalized spacial score (nSPS) is 32.2. The molecule has 0 aromatic heterocycles. The van der Waals surface area contributed by atoms with Crippen molar-refractivity contribution in [1.29, 1.82) is 0 Å². The minimum Gasteiger partial charge on any atom is -0.508 e. The Morgan fingerprint density at radius 1 is 0.905 bits per heavy atom.